The van der Waals surface area contributed by atoms with Crippen molar-refractivity contribution in [2.24, 2.45) is 10.7 Å². The number of anilines is 3. The number of nitrogens with one attached hydrogen (secondary N) is 2. The summed E-state index contributed by atoms with van der Waals surface area (Å²) in [7, 11) is 0. The molecule has 1 aliphatic rings. The molecule has 1 saturated heterocycles. The summed E-state index contributed by atoms with van der Waals surface area (Å²) in [5, 5.41) is 11.6. The summed E-state index contributed by atoms with van der Waals surface area (Å²) in [6.07, 6.45) is 6.59. The van der Waals surface area contributed by atoms with Crippen LogP contribution in [0.5, 0.6) is 0 Å². The first-order chi connectivity index (χ1) is 22.2. The Kier molecular flexibility index (Phi) is 9.08. The highest BCUT2D eigenvalue weighted by molar-refractivity contribution is 6.10. The number of ether oxygens (including phenoxy) is 1. The Hall–Kier alpha value is -5.53. The van der Waals surface area contributed by atoms with E-state index in [2.05, 4.69) is 51.6 Å². The molecule has 4 aromatic carbocycles. The summed E-state index contributed by atoms with van der Waals surface area (Å²) in [5.74, 6) is 0.893. The van der Waals surface area contributed by atoms with Crippen LogP contribution in [0.1, 0.15) is 27.8 Å². The van der Waals surface area contributed by atoms with Gasteiger partial charge in [-0.15, -0.1) is 0 Å². The van der Waals surface area contributed by atoms with Crippen LogP contribution in [0.15, 0.2) is 139 Å². The van der Waals surface area contributed by atoms with E-state index in [1.165, 1.54) is 6.21 Å². The largest absolute Gasteiger partial charge is 0.404 e. The lowest BCUT2D eigenvalue weighted by Crippen LogP contribution is -2.36. The molecule has 0 radical (unpaired) electrons. The molecule has 7 nitrogen and oxygen atoms in total. The van der Waals surface area contributed by atoms with Gasteiger partial charge in [0.1, 0.15) is 11.4 Å². The number of nitrogens with two attached hydrogens (primary N) is 1. The summed E-state index contributed by atoms with van der Waals surface area (Å²) in [4.78, 5) is 12.2. The molecule has 0 spiro atoms. The molecule has 2 heterocycles. The summed E-state index contributed by atoms with van der Waals surface area (Å²) in [6, 6.07) is 40.9. The van der Waals surface area contributed by atoms with Crippen molar-refractivity contribution in [2.75, 3.05) is 36.5 Å². The van der Waals surface area contributed by atoms with E-state index in [1.54, 1.807) is 12.4 Å². The molecule has 1 aliphatic heterocycles. The first kappa shape index (κ1) is 29.5. The third-order valence-electron chi connectivity index (χ3n) is 8.05. The molecule has 0 saturated carbocycles. The Balaban J connectivity index is 1.39. The highest BCUT2D eigenvalue weighted by Gasteiger charge is 2.35. The Morgan fingerprint density at radius 1 is 0.822 bits per heavy atom. The Bertz CT molecular complexity index is 1690. The predicted molar refractivity (Wildman–Crippen MR) is 185 cm³/mol. The zero-order valence-electron chi connectivity index (χ0n) is 25.0. The summed E-state index contributed by atoms with van der Waals surface area (Å²) in [6.45, 7) is 2.99. The van der Waals surface area contributed by atoms with Crippen LogP contribution in [0, 0.1) is 5.41 Å². The quantitative estimate of drug-likeness (QED) is 0.120. The number of aromatic nitrogens is 1. The van der Waals surface area contributed by atoms with Crippen molar-refractivity contribution in [3.05, 3.63) is 162 Å². The van der Waals surface area contributed by atoms with Crippen LogP contribution >= 0.6 is 0 Å². The average Bonchev–Trinajstić information content (AvgIpc) is 3.12. The fraction of sp³-hybridized carbons (Fsp3) is 0.132. The Labute approximate surface area is 264 Å². The highest BCUT2D eigenvalue weighted by atomic mass is 16.5. The van der Waals surface area contributed by atoms with Crippen LogP contribution in [0.25, 0.3) is 5.57 Å². The van der Waals surface area contributed by atoms with E-state index in [0.29, 0.717) is 13.2 Å². The molecule has 0 amide bonds. The third-order valence-corrected chi connectivity index (χ3v) is 8.05. The van der Waals surface area contributed by atoms with Gasteiger partial charge in [0.15, 0.2) is 0 Å². The van der Waals surface area contributed by atoms with Gasteiger partial charge in [-0.2, -0.15) is 0 Å². The first-order valence-electron chi connectivity index (χ1n) is 15.1. The van der Waals surface area contributed by atoms with E-state index in [9.17, 15) is 0 Å². The average molecular weight is 593 g/mol. The molecule has 5 aromatic rings. The zero-order valence-corrected chi connectivity index (χ0v) is 25.0. The van der Waals surface area contributed by atoms with Crippen LogP contribution in [-0.4, -0.2) is 43.7 Å². The zero-order chi connectivity index (χ0) is 30.9. The van der Waals surface area contributed by atoms with E-state index in [0.717, 1.165) is 63.7 Å². The van der Waals surface area contributed by atoms with Gasteiger partial charge in [0, 0.05) is 66.5 Å². The lowest BCUT2D eigenvalue weighted by atomic mass is 9.77. The SMILES string of the molecule is N=Cc1ccc(C(C=NC(c2ccccc2)(c2ccccc2)c2ccccc2)=CN)cc1Nc1ccnc(N2CCOCC2)c1. The van der Waals surface area contributed by atoms with E-state index in [4.69, 9.17) is 20.9 Å². The van der Waals surface area contributed by atoms with Crippen LogP contribution in [0.3, 0.4) is 0 Å². The van der Waals surface area contributed by atoms with Gasteiger partial charge in [-0.05, 0) is 34.4 Å². The molecule has 0 bridgehead atoms. The summed E-state index contributed by atoms with van der Waals surface area (Å²) < 4.78 is 5.50. The van der Waals surface area contributed by atoms with Gasteiger partial charge in [0.05, 0.1) is 13.2 Å². The molecule has 6 rings (SSSR count). The van der Waals surface area contributed by atoms with Crippen LogP contribution < -0.4 is 16.0 Å². The monoisotopic (exact) mass is 592 g/mol. The number of aliphatic imine (C=N–C) groups is 1. The van der Waals surface area contributed by atoms with Gasteiger partial charge in [-0.3, -0.25) is 4.99 Å². The minimum Gasteiger partial charge on any atom is -0.404 e. The molecular formula is C38H36N6O. The van der Waals surface area contributed by atoms with Crippen molar-refractivity contribution in [3.63, 3.8) is 0 Å². The molecule has 0 aliphatic carbocycles. The number of nitrogens with zero attached hydrogens (tertiary/aromatic N) is 3. The maximum Gasteiger partial charge on any atom is 0.136 e. The normalized spacial score (nSPS) is 14.0. The maximum absolute atomic E-state index is 8.06. The van der Waals surface area contributed by atoms with Crippen molar-refractivity contribution in [2.45, 2.75) is 5.54 Å². The van der Waals surface area contributed by atoms with Crippen molar-refractivity contribution in [1.29, 1.82) is 5.41 Å². The van der Waals surface area contributed by atoms with Crippen LogP contribution in [-0.2, 0) is 10.3 Å². The van der Waals surface area contributed by atoms with Crippen molar-refractivity contribution < 1.29 is 4.74 Å². The lowest BCUT2D eigenvalue weighted by molar-refractivity contribution is 0.122. The van der Waals surface area contributed by atoms with E-state index in [1.807, 2.05) is 91.1 Å². The van der Waals surface area contributed by atoms with Crippen molar-refractivity contribution in [1.82, 2.24) is 4.98 Å². The smallest absolute Gasteiger partial charge is 0.136 e. The number of pyridine rings is 1. The van der Waals surface area contributed by atoms with Gasteiger partial charge in [0.25, 0.3) is 0 Å². The Morgan fingerprint density at radius 3 is 1.98 bits per heavy atom. The second-order valence-electron chi connectivity index (χ2n) is 10.8. The van der Waals surface area contributed by atoms with Gasteiger partial charge in [0.2, 0.25) is 0 Å². The summed E-state index contributed by atoms with van der Waals surface area (Å²) >= 11 is 0. The van der Waals surface area contributed by atoms with Gasteiger partial charge in [-0.25, -0.2) is 4.98 Å². The molecule has 224 valence electrons. The van der Waals surface area contributed by atoms with Crippen LogP contribution in [0.4, 0.5) is 17.2 Å². The van der Waals surface area contributed by atoms with Gasteiger partial charge >= 0.3 is 0 Å². The van der Waals surface area contributed by atoms with E-state index in [-0.39, 0.29) is 0 Å². The topological polar surface area (TPSA) is 99.6 Å². The molecule has 4 N–H and O–H groups in total. The molecule has 1 fully saturated rings. The number of allylic oxidation sites excluding steroid dienone is 1. The third kappa shape index (κ3) is 6.39. The Morgan fingerprint density at radius 2 is 1.42 bits per heavy atom. The fourth-order valence-electron chi connectivity index (χ4n) is 5.73. The second kappa shape index (κ2) is 13.8. The summed E-state index contributed by atoms with van der Waals surface area (Å²) in [5.41, 5.74) is 12.7. The molecule has 0 unspecified atom stereocenters. The van der Waals surface area contributed by atoms with Crippen LogP contribution in [0.2, 0.25) is 0 Å². The van der Waals surface area contributed by atoms with E-state index >= 15 is 0 Å². The minimum atomic E-state index is -0.805. The minimum absolute atomic E-state index is 0.690. The maximum atomic E-state index is 8.06. The fourth-order valence-corrected chi connectivity index (χ4v) is 5.73. The molecule has 45 heavy (non-hydrogen) atoms. The molecular weight excluding hydrogens is 556 g/mol. The number of morpholine rings is 1. The molecule has 7 heteroatoms. The number of benzene rings is 4. The lowest BCUT2D eigenvalue weighted by Gasteiger charge is -2.32. The predicted octanol–water partition coefficient (Wildman–Crippen LogP) is 7.02. The second-order valence-corrected chi connectivity index (χ2v) is 10.8. The van der Waals surface area contributed by atoms with Crippen molar-refractivity contribution in [3.8, 4) is 0 Å². The van der Waals surface area contributed by atoms with Gasteiger partial charge < -0.3 is 26.1 Å². The molecule has 1 aromatic heterocycles. The highest BCUT2D eigenvalue weighted by Crippen LogP contribution is 2.41. The molecule has 0 atom stereocenters. The number of rotatable bonds is 10. The number of hydrogen-bond acceptors (Lipinski definition) is 7. The van der Waals surface area contributed by atoms with E-state index < -0.39 is 5.54 Å². The standard InChI is InChI=1S/C38H36N6O/c39-26-30-17-16-29(24-36(30)43-35-18-19-41-37(25-35)44-20-22-45-23-21-44)31(27-40)28-42-38(32-10-4-1-5-11-32,33-12-6-2-7-13-33)34-14-8-3-9-15-34/h1-19,24-28,39H,20-23,40H2,(H,41,43). The van der Waals surface area contributed by atoms with Crippen molar-refractivity contribution >= 4 is 35.2 Å². The first-order valence-corrected chi connectivity index (χ1v) is 15.1. The number of hydrogen-bond donors (Lipinski definition) is 3. The van der Waals surface area contributed by atoms with Gasteiger partial charge in [-0.1, -0.05) is 103 Å².